The highest BCUT2D eigenvalue weighted by Crippen LogP contribution is 2.24. The van der Waals surface area contributed by atoms with Gasteiger partial charge in [-0.1, -0.05) is 41.5 Å². The van der Waals surface area contributed by atoms with E-state index in [0.717, 1.165) is 11.3 Å². The van der Waals surface area contributed by atoms with E-state index in [9.17, 15) is 4.79 Å². The van der Waals surface area contributed by atoms with Crippen LogP contribution in [0.5, 0.6) is 0 Å². The van der Waals surface area contributed by atoms with Crippen LogP contribution in [0.25, 0.3) is 0 Å². The van der Waals surface area contributed by atoms with Gasteiger partial charge in [0.05, 0.1) is 0 Å². The number of hydrogen-bond donors (Lipinski definition) is 0. The van der Waals surface area contributed by atoms with Crippen molar-refractivity contribution in [2.24, 2.45) is 0 Å². The summed E-state index contributed by atoms with van der Waals surface area (Å²) in [7, 11) is 0. The number of rotatable bonds is 4. The lowest BCUT2D eigenvalue weighted by atomic mass is 10.1. The van der Waals surface area contributed by atoms with Gasteiger partial charge < -0.3 is 0 Å². The third-order valence-electron chi connectivity index (χ3n) is 2.95. The Morgan fingerprint density at radius 2 is 1.58 bits per heavy atom. The summed E-state index contributed by atoms with van der Waals surface area (Å²) in [5, 5.41) is 0. The van der Waals surface area contributed by atoms with Gasteiger partial charge in [0.2, 0.25) is 0 Å². The summed E-state index contributed by atoms with van der Waals surface area (Å²) in [6, 6.07) is 14.5. The van der Waals surface area contributed by atoms with E-state index in [4.69, 9.17) is 0 Å². The van der Waals surface area contributed by atoms with E-state index in [-0.39, 0.29) is 5.78 Å². The zero-order valence-corrected chi connectivity index (χ0v) is 12.4. The Bertz CT molecular complexity index is 564. The average Bonchev–Trinajstić information content (AvgIpc) is 2.36. The fraction of sp³-hybridized carbons (Fsp3) is 0.235. The van der Waals surface area contributed by atoms with Crippen molar-refractivity contribution >= 4 is 17.5 Å². The maximum Gasteiger partial charge on any atom is 0.159 e. The molecule has 2 aromatic carbocycles. The molecule has 0 radical (unpaired) electrons. The van der Waals surface area contributed by atoms with Crippen LogP contribution in [-0.2, 0) is 5.75 Å². The second-order valence-corrected chi connectivity index (χ2v) is 5.91. The van der Waals surface area contributed by atoms with Crippen molar-refractivity contribution < 1.29 is 4.79 Å². The summed E-state index contributed by atoms with van der Waals surface area (Å²) in [4.78, 5) is 12.4. The van der Waals surface area contributed by atoms with Crippen LogP contribution >= 0.6 is 11.8 Å². The Hall–Kier alpha value is -1.54. The molecule has 0 atom stereocenters. The van der Waals surface area contributed by atoms with Crippen LogP contribution in [0.4, 0.5) is 0 Å². The van der Waals surface area contributed by atoms with Crippen LogP contribution in [-0.4, -0.2) is 5.78 Å². The largest absolute Gasteiger partial charge is 0.295 e. The zero-order valence-electron chi connectivity index (χ0n) is 11.6. The van der Waals surface area contributed by atoms with Gasteiger partial charge >= 0.3 is 0 Å². The van der Waals surface area contributed by atoms with E-state index in [1.54, 1.807) is 18.7 Å². The van der Waals surface area contributed by atoms with Crippen molar-refractivity contribution in [3.05, 3.63) is 64.7 Å². The normalized spacial score (nSPS) is 10.5. The SMILES string of the molecule is CC(=O)c1ccc(SCc2cc(C)cc(C)c2)cc1. The van der Waals surface area contributed by atoms with Crippen LogP contribution < -0.4 is 0 Å². The molecule has 0 spiro atoms. The maximum absolute atomic E-state index is 11.2. The summed E-state index contributed by atoms with van der Waals surface area (Å²) in [6.45, 7) is 5.85. The van der Waals surface area contributed by atoms with E-state index < -0.39 is 0 Å². The molecule has 0 amide bonds. The molecule has 2 heteroatoms. The molecule has 0 unspecified atom stereocenters. The Balaban J connectivity index is 2.03. The van der Waals surface area contributed by atoms with Crippen molar-refractivity contribution in [3.63, 3.8) is 0 Å². The average molecular weight is 270 g/mol. The lowest BCUT2D eigenvalue weighted by molar-refractivity contribution is 0.101. The minimum atomic E-state index is 0.117. The van der Waals surface area contributed by atoms with Crippen LogP contribution in [0.1, 0.15) is 34.0 Å². The van der Waals surface area contributed by atoms with Crippen molar-refractivity contribution in [2.75, 3.05) is 0 Å². The number of thioether (sulfide) groups is 1. The van der Waals surface area contributed by atoms with Gasteiger partial charge in [-0.05, 0) is 38.5 Å². The minimum Gasteiger partial charge on any atom is -0.295 e. The first-order chi connectivity index (χ1) is 9.04. The van der Waals surface area contributed by atoms with Crippen LogP contribution in [0.2, 0.25) is 0 Å². The van der Waals surface area contributed by atoms with Crippen molar-refractivity contribution in [2.45, 2.75) is 31.4 Å². The molecule has 0 aliphatic carbocycles. The number of ketones is 1. The third kappa shape index (κ3) is 3.97. The molecule has 0 bridgehead atoms. The van der Waals surface area contributed by atoms with E-state index in [1.165, 1.54) is 21.6 Å². The number of hydrogen-bond acceptors (Lipinski definition) is 2. The standard InChI is InChI=1S/C17H18OS/c1-12-8-13(2)10-15(9-12)11-19-17-6-4-16(5-7-17)14(3)18/h4-10H,11H2,1-3H3. The molecule has 0 aliphatic heterocycles. The van der Waals surface area contributed by atoms with E-state index in [0.29, 0.717) is 0 Å². The summed E-state index contributed by atoms with van der Waals surface area (Å²) in [5.41, 5.74) is 4.74. The molecule has 0 fully saturated rings. The molecule has 2 rings (SSSR count). The van der Waals surface area contributed by atoms with E-state index in [1.807, 2.05) is 24.3 Å². The quantitative estimate of drug-likeness (QED) is 0.586. The molecule has 0 aliphatic rings. The van der Waals surface area contributed by atoms with Crippen molar-refractivity contribution in [3.8, 4) is 0 Å². The first-order valence-electron chi connectivity index (χ1n) is 6.35. The number of Topliss-reactive ketones (excluding diaryl/α,β-unsaturated/α-hetero) is 1. The molecule has 98 valence electrons. The van der Waals surface area contributed by atoms with Gasteiger partial charge in [-0.15, -0.1) is 11.8 Å². The Morgan fingerprint density at radius 3 is 2.11 bits per heavy atom. The highest BCUT2D eigenvalue weighted by atomic mass is 32.2. The van der Waals surface area contributed by atoms with Gasteiger partial charge in [-0.3, -0.25) is 4.79 Å². The number of carbonyl (C=O) groups is 1. The van der Waals surface area contributed by atoms with Gasteiger partial charge in [0.25, 0.3) is 0 Å². The van der Waals surface area contributed by atoms with E-state index >= 15 is 0 Å². The highest BCUT2D eigenvalue weighted by Gasteiger charge is 2.01. The second kappa shape index (κ2) is 6.07. The summed E-state index contributed by atoms with van der Waals surface area (Å²) >= 11 is 1.80. The topological polar surface area (TPSA) is 17.1 Å². The highest BCUT2D eigenvalue weighted by molar-refractivity contribution is 7.98. The van der Waals surface area contributed by atoms with Crippen molar-refractivity contribution in [1.82, 2.24) is 0 Å². The first kappa shape index (κ1) is 13.9. The van der Waals surface area contributed by atoms with Gasteiger partial charge in [-0.2, -0.15) is 0 Å². The summed E-state index contributed by atoms with van der Waals surface area (Å²) in [6.07, 6.45) is 0. The number of aryl methyl sites for hydroxylation is 2. The monoisotopic (exact) mass is 270 g/mol. The number of carbonyl (C=O) groups excluding carboxylic acids is 1. The van der Waals surface area contributed by atoms with Crippen LogP contribution in [0.15, 0.2) is 47.4 Å². The van der Waals surface area contributed by atoms with E-state index in [2.05, 4.69) is 32.0 Å². The third-order valence-corrected chi connectivity index (χ3v) is 4.03. The molecule has 19 heavy (non-hydrogen) atoms. The first-order valence-corrected chi connectivity index (χ1v) is 7.34. The summed E-state index contributed by atoms with van der Waals surface area (Å²) < 4.78 is 0. The molecule has 0 aromatic heterocycles. The van der Waals surface area contributed by atoms with Gasteiger partial charge in [0, 0.05) is 16.2 Å². The lowest BCUT2D eigenvalue weighted by Crippen LogP contribution is -1.90. The van der Waals surface area contributed by atoms with Crippen molar-refractivity contribution in [1.29, 1.82) is 0 Å². The summed E-state index contributed by atoms with van der Waals surface area (Å²) in [5.74, 6) is 1.08. The zero-order chi connectivity index (χ0) is 13.8. The molecule has 2 aromatic rings. The van der Waals surface area contributed by atoms with Gasteiger partial charge in [-0.25, -0.2) is 0 Å². The molecular formula is C17H18OS. The van der Waals surface area contributed by atoms with Crippen LogP contribution in [0, 0.1) is 13.8 Å². The maximum atomic E-state index is 11.2. The molecule has 1 nitrogen and oxygen atoms in total. The second-order valence-electron chi connectivity index (χ2n) is 4.87. The Morgan fingerprint density at radius 1 is 1.00 bits per heavy atom. The van der Waals surface area contributed by atoms with Crippen LogP contribution in [0.3, 0.4) is 0 Å². The molecule has 0 saturated carbocycles. The minimum absolute atomic E-state index is 0.117. The molecule has 0 saturated heterocycles. The fourth-order valence-corrected chi connectivity index (χ4v) is 2.93. The smallest absolute Gasteiger partial charge is 0.159 e. The van der Waals surface area contributed by atoms with Gasteiger partial charge in [0.15, 0.2) is 5.78 Å². The Kier molecular flexibility index (Phi) is 4.43. The predicted molar refractivity (Wildman–Crippen MR) is 81.9 cm³/mol. The van der Waals surface area contributed by atoms with Gasteiger partial charge in [0.1, 0.15) is 0 Å². The molecule has 0 heterocycles. The molecular weight excluding hydrogens is 252 g/mol. The Labute approximate surface area is 119 Å². The molecule has 0 N–H and O–H groups in total. The predicted octanol–water partition coefficient (Wildman–Crippen LogP) is 4.80. The number of benzene rings is 2. The lowest BCUT2D eigenvalue weighted by Gasteiger charge is -2.05. The fourth-order valence-electron chi connectivity index (χ4n) is 2.10.